The molecule has 2 rings (SSSR count). The van der Waals surface area contributed by atoms with Gasteiger partial charge in [-0.25, -0.2) is 0 Å². The molecule has 0 spiro atoms. The van der Waals surface area contributed by atoms with E-state index in [-0.39, 0.29) is 12.5 Å². The largest absolute Gasteiger partial charge is 0.493 e. The second-order valence-corrected chi connectivity index (χ2v) is 6.02. The molecule has 0 amide bonds. The highest BCUT2D eigenvalue weighted by Crippen LogP contribution is 2.35. The Labute approximate surface area is 133 Å². The highest BCUT2D eigenvalue weighted by molar-refractivity contribution is 9.10. The SMILES string of the molecule is COc1cc(Br)c(CN2CCCC2CC(=O)O)cc1OC. The van der Waals surface area contributed by atoms with Crippen LogP contribution >= 0.6 is 15.9 Å². The molecule has 21 heavy (non-hydrogen) atoms. The van der Waals surface area contributed by atoms with Crippen molar-refractivity contribution in [2.24, 2.45) is 0 Å². The molecule has 1 fully saturated rings. The molecule has 1 aromatic rings. The van der Waals surface area contributed by atoms with Crippen molar-refractivity contribution in [1.29, 1.82) is 0 Å². The van der Waals surface area contributed by atoms with E-state index in [1.54, 1.807) is 14.2 Å². The van der Waals surface area contributed by atoms with Gasteiger partial charge in [0.25, 0.3) is 0 Å². The van der Waals surface area contributed by atoms with E-state index < -0.39 is 5.97 Å². The average Bonchev–Trinajstić information content (AvgIpc) is 2.87. The normalized spacial score (nSPS) is 18.7. The van der Waals surface area contributed by atoms with Crippen molar-refractivity contribution in [3.05, 3.63) is 22.2 Å². The van der Waals surface area contributed by atoms with E-state index >= 15 is 0 Å². The van der Waals surface area contributed by atoms with Crippen LogP contribution in [0.1, 0.15) is 24.8 Å². The van der Waals surface area contributed by atoms with Crippen LogP contribution in [0, 0.1) is 0 Å². The number of carbonyl (C=O) groups is 1. The zero-order chi connectivity index (χ0) is 15.4. The molecular formula is C15H20BrNO4. The molecule has 1 atom stereocenters. The Bertz CT molecular complexity index is 521. The zero-order valence-corrected chi connectivity index (χ0v) is 13.9. The molecule has 1 N–H and O–H groups in total. The molecule has 1 aliphatic rings. The van der Waals surface area contributed by atoms with E-state index in [9.17, 15) is 4.79 Å². The summed E-state index contributed by atoms with van der Waals surface area (Å²) in [5, 5.41) is 8.99. The first kappa shape index (κ1) is 16.1. The van der Waals surface area contributed by atoms with Gasteiger partial charge in [0.15, 0.2) is 11.5 Å². The summed E-state index contributed by atoms with van der Waals surface area (Å²) in [6, 6.07) is 3.94. The number of hydrogen-bond donors (Lipinski definition) is 1. The quantitative estimate of drug-likeness (QED) is 0.848. The molecule has 6 heteroatoms. The van der Waals surface area contributed by atoms with Crippen LogP contribution in [-0.4, -0.2) is 42.8 Å². The molecule has 0 saturated carbocycles. The van der Waals surface area contributed by atoms with E-state index in [0.29, 0.717) is 18.0 Å². The Morgan fingerprint density at radius 3 is 2.67 bits per heavy atom. The number of likely N-dealkylation sites (tertiary alicyclic amines) is 1. The summed E-state index contributed by atoms with van der Waals surface area (Å²) in [5.41, 5.74) is 1.07. The highest BCUT2D eigenvalue weighted by Gasteiger charge is 2.27. The number of carboxylic acids is 1. The van der Waals surface area contributed by atoms with Gasteiger partial charge in [-0.05, 0) is 37.1 Å². The van der Waals surface area contributed by atoms with Gasteiger partial charge in [0.05, 0.1) is 20.6 Å². The van der Waals surface area contributed by atoms with Crippen molar-refractivity contribution >= 4 is 21.9 Å². The summed E-state index contributed by atoms with van der Waals surface area (Å²) in [6.45, 7) is 1.64. The topological polar surface area (TPSA) is 59.0 Å². The minimum Gasteiger partial charge on any atom is -0.493 e. The maximum absolute atomic E-state index is 10.9. The first-order chi connectivity index (χ1) is 10.0. The van der Waals surface area contributed by atoms with Crippen molar-refractivity contribution in [1.82, 2.24) is 4.90 Å². The number of rotatable bonds is 6. The number of hydrogen-bond acceptors (Lipinski definition) is 4. The summed E-state index contributed by atoms with van der Waals surface area (Å²) in [5.74, 6) is 0.625. The molecule has 0 aliphatic carbocycles. The van der Waals surface area contributed by atoms with Crippen LogP contribution in [0.25, 0.3) is 0 Å². The second kappa shape index (κ2) is 7.13. The molecule has 116 valence electrons. The van der Waals surface area contributed by atoms with Crippen molar-refractivity contribution < 1.29 is 19.4 Å². The number of ether oxygens (including phenoxy) is 2. The lowest BCUT2D eigenvalue weighted by atomic mass is 10.1. The van der Waals surface area contributed by atoms with Crippen molar-refractivity contribution in [2.75, 3.05) is 20.8 Å². The van der Waals surface area contributed by atoms with Gasteiger partial charge in [-0.1, -0.05) is 15.9 Å². The zero-order valence-electron chi connectivity index (χ0n) is 12.3. The van der Waals surface area contributed by atoms with Crippen LogP contribution in [0.15, 0.2) is 16.6 Å². The van der Waals surface area contributed by atoms with E-state index in [2.05, 4.69) is 20.8 Å². The smallest absolute Gasteiger partial charge is 0.304 e. The molecule has 1 unspecified atom stereocenters. The monoisotopic (exact) mass is 357 g/mol. The van der Waals surface area contributed by atoms with E-state index in [1.807, 2.05) is 12.1 Å². The molecule has 0 aromatic heterocycles. The number of halogens is 1. The van der Waals surface area contributed by atoms with Gasteiger partial charge in [-0.2, -0.15) is 0 Å². The van der Waals surface area contributed by atoms with Crippen molar-refractivity contribution in [2.45, 2.75) is 31.8 Å². The number of benzene rings is 1. The van der Waals surface area contributed by atoms with Gasteiger partial charge < -0.3 is 14.6 Å². The molecule has 1 heterocycles. The fraction of sp³-hybridized carbons (Fsp3) is 0.533. The number of nitrogens with zero attached hydrogens (tertiary/aromatic N) is 1. The predicted octanol–water partition coefficient (Wildman–Crippen LogP) is 2.91. The minimum absolute atomic E-state index is 0.113. The van der Waals surface area contributed by atoms with E-state index in [4.69, 9.17) is 14.6 Å². The Balaban J connectivity index is 2.16. The first-order valence-electron chi connectivity index (χ1n) is 6.91. The fourth-order valence-corrected chi connectivity index (χ4v) is 3.22. The number of aliphatic carboxylic acids is 1. The van der Waals surface area contributed by atoms with Gasteiger partial charge in [0, 0.05) is 17.1 Å². The molecule has 1 saturated heterocycles. The maximum atomic E-state index is 10.9. The van der Waals surface area contributed by atoms with Gasteiger partial charge in [-0.3, -0.25) is 9.69 Å². The van der Waals surface area contributed by atoms with Gasteiger partial charge in [0.2, 0.25) is 0 Å². The van der Waals surface area contributed by atoms with Gasteiger partial charge >= 0.3 is 5.97 Å². The summed E-state index contributed by atoms with van der Waals surface area (Å²) < 4.78 is 11.5. The third kappa shape index (κ3) is 3.89. The van der Waals surface area contributed by atoms with Crippen molar-refractivity contribution in [3.8, 4) is 11.5 Å². The van der Waals surface area contributed by atoms with Crippen LogP contribution in [0.4, 0.5) is 0 Å². The standard InChI is InChI=1S/C15H20BrNO4/c1-20-13-6-10(12(16)8-14(13)21-2)9-17-5-3-4-11(17)7-15(18)19/h6,8,11H,3-5,7,9H2,1-2H3,(H,18,19). The van der Waals surface area contributed by atoms with Crippen LogP contribution in [0.2, 0.25) is 0 Å². The van der Waals surface area contributed by atoms with E-state index in [1.165, 1.54) is 0 Å². The second-order valence-electron chi connectivity index (χ2n) is 5.16. The van der Waals surface area contributed by atoms with Gasteiger partial charge in [0.1, 0.15) is 0 Å². The van der Waals surface area contributed by atoms with E-state index in [0.717, 1.165) is 29.4 Å². The Hall–Kier alpha value is -1.27. The molecule has 5 nitrogen and oxygen atoms in total. The molecule has 1 aliphatic heterocycles. The van der Waals surface area contributed by atoms with Crippen LogP contribution < -0.4 is 9.47 Å². The summed E-state index contributed by atoms with van der Waals surface area (Å²) >= 11 is 3.55. The summed E-state index contributed by atoms with van der Waals surface area (Å²) in [7, 11) is 3.21. The molecular weight excluding hydrogens is 338 g/mol. The third-order valence-corrected chi connectivity index (χ3v) is 4.57. The average molecular weight is 358 g/mol. The lowest BCUT2D eigenvalue weighted by molar-refractivity contribution is -0.138. The Morgan fingerprint density at radius 1 is 1.38 bits per heavy atom. The third-order valence-electron chi connectivity index (χ3n) is 3.84. The fourth-order valence-electron chi connectivity index (χ4n) is 2.77. The maximum Gasteiger partial charge on any atom is 0.304 e. The number of carboxylic acid groups (broad SMARTS) is 1. The van der Waals surface area contributed by atoms with Crippen LogP contribution in [0.3, 0.4) is 0 Å². The lowest BCUT2D eigenvalue weighted by Crippen LogP contribution is -2.31. The van der Waals surface area contributed by atoms with Gasteiger partial charge in [-0.15, -0.1) is 0 Å². The van der Waals surface area contributed by atoms with Crippen molar-refractivity contribution in [3.63, 3.8) is 0 Å². The predicted molar refractivity (Wildman–Crippen MR) is 82.9 cm³/mol. The highest BCUT2D eigenvalue weighted by atomic mass is 79.9. The summed E-state index contributed by atoms with van der Waals surface area (Å²) in [4.78, 5) is 13.2. The minimum atomic E-state index is -0.738. The lowest BCUT2D eigenvalue weighted by Gasteiger charge is -2.24. The first-order valence-corrected chi connectivity index (χ1v) is 7.70. The molecule has 0 bridgehead atoms. The molecule has 1 aromatic carbocycles. The van der Waals surface area contributed by atoms with Crippen LogP contribution in [0.5, 0.6) is 11.5 Å². The number of methoxy groups -OCH3 is 2. The molecule has 0 radical (unpaired) electrons. The van der Waals surface area contributed by atoms with Crippen LogP contribution in [-0.2, 0) is 11.3 Å². The Kier molecular flexibility index (Phi) is 5.47. The summed E-state index contributed by atoms with van der Waals surface area (Å²) in [6.07, 6.45) is 2.19. The Morgan fingerprint density at radius 2 is 2.05 bits per heavy atom.